The Kier molecular flexibility index (Phi) is 5.69. The van der Waals surface area contributed by atoms with Gasteiger partial charge in [-0.05, 0) is 36.2 Å². The third-order valence-corrected chi connectivity index (χ3v) is 4.10. The molecule has 0 saturated carbocycles. The molecular formula is C19H14ClF3N2O3. The normalized spacial score (nSPS) is 11.5. The number of aromatic nitrogens is 2. The van der Waals surface area contributed by atoms with Crippen molar-refractivity contribution < 1.29 is 27.2 Å². The molecule has 28 heavy (non-hydrogen) atoms. The maximum atomic E-state index is 12.5. The molecule has 0 N–H and O–H groups in total. The van der Waals surface area contributed by atoms with Crippen LogP contribution < -0.4 is 4.74 Å². The van der Waals surface area contributed by atoms with Gasteiger partial charge >= 0.3 is 6.18 Å². The van der Waals surface area contributed by atoms with Crippen molar-refractivity contribution in [3.63, 3.8) is 0 Å². The zero-order valence-electron chi connectivity index (χ0n) is 14.6. The van der Waals surface area contributed by atoms with Gasteiger partial charge in [0.25, 0.3) is 0 Å². The van der Waals surface area contributed by atoms with Crippen molar-refractivity contribution in [1.82, 2.24) is 10.1 Å². The molecular weight excluding hydrogens is 397 g/mol. The third kappa shape index (κ3) is 4.89. The highest BCUT2D eigenvalue weighted by atomic mass is 35.5. The van der Waals surface area contributed by atoms with Crippen LogP contribution in [0.3, 0.4) is 0 Å². The van der Waals surface area contributed by atoms with Gasteiger partial charge in [0.05, 0.1) is 11.3 Å². The fourth-order valence-electron chi connectivity index (χ4n) is 2.53. The quantitative estimate of drug-likeness (QED) is 0.531. The zero-order chi connectivity index (χ0) is 20.3. The molecule has 0 saturated heterocycles. The fourth-order valence-corrected chi connectivity index (χ4v) is 2.66. The van der Waals surface area contributed by atoms with Crippen LogP contribution in [-0.2, 0) is 6.42 Å². The summed E-state index contributed by atoms with van der Waals surface area (Å²) in [6, 6.07) is 8.04. The Balaban J connectivity index is 1.92. The highest BCUT2D eigenvalue weighted by Gasteiger charge is 2.29. The third-order valence-electron chi connectivity index (χ3n) is 3.85. The van der Waals surface area contributed by atoms with Gasteiger partial charge < -0.3 is 9.26 Å². The van der Waals surface area contributed by atoms with E-state index in [9.17, 15) is 18.0 Å². The maximum absolute atomic E-state index is 12.5. The molecule has 0 aliphatic heterocycles. The van der Waals surface area contributed by atoms with Crippen LogP contribution in [0.5, 0.6) is 5.88 Å². The topological polar surface area (TPSA) is 65.2 Å². The fraction of sp³-hybridized carbons (Fsp3) is 0.211. The Morgan fingerprint density at radius 3 is 2.57 bits per heavy atom. The summed E-state index contributed by atoms with van der Waals surface area (Å²) < 4.78 is 47.3. The molecule has 2 aromatic heterocycles. The predicted molar refractivity (Wildman–Crippen MR) is 95.5 cm³/mol. The maximum Gasteiger partial charge on any atom is 0.422 e. The lowest BCUT2D eigenvalue weighted by atomic mass is 10.0. The van der Waals surface area contributed by atoms with Crippen molar-refractivity contribution >= 4 is 17.4 Å². The van der Waals surface area contributed by atoms with Crippen molar-refractivity contribution in [3.8, 4) is 17.0 Å². The smallest absolute Gasteiger partial charge is 0.422 e. The second kappa shape index (κ2) is 8.02. The SMILES string of the molecule is Cc1nocc1C(=O)Cc1cnc(OCC(F)(F)F)c(-c2ccc(Cl)cc2)c1. The molecule has 1 aromatic carbocycles. The second-order valence-corrected chi connectivity index (χ2v) is 6.46. The minimum atomic E-state index is -4.50. The second-order valence-electron chi connectivity index (χ2n) is 6.02. The van der Waals surface area contributed by atoms with Crippen molar-refractivity contribution in [1.29, 1.82) is 0 Å². The summed E-state index contributed by atoms with van der Waals surface area (Å²) in [7, 11) is 0. The summed E-state index contributed by atoms with van der Waals surface area (Å²) >= 11 is 5.88. The van der Waals surface area contributed by atoms with E-state index in [1.807, 2.05) is 0 Å². The monoisotopic (exact) mass is 410 g/mol. The van der Waals surface area contributed by atoms with Crippen LogP contribution in [0, 0.1) is 6.92 Å². The Hall–Kier alpha value is -2.87. The van der Waals surface area contributed by atoms with Gasteiger partial charge in [-0.1, -0.05) is 28.9 Å². The van der Waals surface area contributed by atoms with Crippen molar-refractivity contribution in [2.45, 2.75) is 19.5 Å². The van der Waals surface area contributed by atoms with Crippen LogP contribution in [0.25, 0.3) is 11.1 Å². The number of hydrogen-bond donors (Lipinski definition) is 0. The van der Waals surface area contributed by atoms with Crippen LogP contribution in [0.15, 0.2) is 47.3 Å². The minimum absolute atomic E-state index is 0.0187. The van der Waals surface area contributed by atoms with Crippen LogP contribution in [0.1, 0.15) is 21.6 Å². The van der Waals surface area contributed by atoms with Gasteiger partial charge in [-0.3, -0.25) is 4.79 Å². The molecule has 3 rings (SSSR count). The molecule has 0 atom stereocenters. The first kappa shape index (κ1) is 19.9. The van der Waals surface area contributed by atoms with Gasteiger partial charge in [0.1, 0.15) is 6.26 Å². The lowest BCUT2D eigenvalue weighted by molar-refractivity contribution is -0.154. The number of rotatable bonds is 6. The molecule has 146 valence electrons. The Bertz CT molecular complexity index is 985. The zero-order valence-corrected chi connectivity index (χ0v) is 15.3. The largest absolute Gasteiger partial charge is 0.468 e. The summed E-state index contributed by atoms with van der Waals surface area (Å²) in [6.07, 6.45) is -1.95. The number of pyridine rings is 1. The van der Waals surface area contributed by atoms with E-state index in [-0.39, 0.29) is 18.1 Å². The number of halogens is 4. The summed E-state index contributed by atoms with van der Waals surface area (Å²) in [5.74, 6) is -0.427. The number of ether oxygens (including phenoxy) is 1. The molecule has 5 nitrogen and oxygen atoms in total. The lowest BCUT2D eigenvalue weighted by Gasteiger charge is -2.13. The van der Waals surface area contributed by atoms with Crippen LogP contribution in [-0.4, -0.2) is 28.7 Å². The molecule has 0 radical (unpaired) electrons. The molecule has 0 fully saturated rings. The summed E-state index contributed by atoms with van der Waals surface area (Å²) in [6.45, 7) is 0.168. The number of ketones is 1. The van der Waals surface area contributed by atoms with Crippen LogP contribution in [0.4, 0.5) is 13.2 Å². The van der Waals surface area contributed by atoms with Crippen molar-refractivity contribution in [3.05, 3.63) is 64.6 Å². The van der Waals surface area contributed by atoms with E-state index in [0.29, 0.717) is 33.0 Å². The van der Waals surface area contributed by atoms with Gasteiger partial charge in [0.2, 0.25) is 5.88 Å². The number of hydrogen-bond acceptors (Lipinski definition) is 5. The first-order valence-electron chi connectivity index (χ1n) is 8.11. The minimum Gasteiger partial charge on any atom is -0.468 e. The number of nitrogens with zero attached hydrogens (tertiary/aromatic N) is 2. The summed E-state index contributed by atoms with van der Waals surface area (Å²) in [5, 5.41) is 4.14. The Labute approximate surface area is 163 Å². The number of alkyl halides is 3. The van der Waals surface area contributed by atoms with Gasteiger partial charge in [-0.2, -0.15) is 13.2 Å². The Morgan fingerprint density at radius 1 is 1.25 bits per heavy atom. The highest BCUT2D eigenvalue weighted by Crippen LogP contribution is 2.31. The molecule has 0 unspecified atom stereocenters. The van der Waals surface area contributed by atoms with E-state index in [1.165, 1.54) is 12.5 Å². The van der Waals surface area contributed by atoms with E-state index in [2.05, 4.69) is 10.1 Å². The number of carbonyl (C=O) groups excluding carboxylic acids is 1. The lowest BCUT2D eigenvalue weighted by Crippen LogP contribution is -2.20. The van der Waals surface area contributed by atoms with E-state index < -0.39 is 12.8 Å². The average molecular weight is 411 g/mol. The van der Waals surface area contributed by atoms with Crippen LogP contribution in [0.2, 0.25) is 5.02 Å². The van der Waals surface area contributed by atoms with Gasteiger partial charge in [0, 0.05) is 23.2 Å². The molecule has 2 heterocycles. The number of aryl methyl sites for hydroxylation is 1. The van der Waals surface area contributed by atoms with Gasteiger partial charge in [-0.15, -0.1) is 0 Å². The van der Waals surface area contributed by atoms with Gasteiger partial charge in [0.15, 0.2) is 12.4 Å². The molecule has 0 aliphatic carbocycles. The summed E-state index contributed by atoms with van der Waals surface area (Å²) in [4.78, 5) is 16.4. The first-order chi connectivity index (χ1) is 13.2. The van der Waals surface area contributed by atoms with Crippen LogP contribution >= 0.6 is 11.6 Å². The first-order valence-corrected chi connectivity index (χ1v) is 8.49. The number of Topliss-reactive ketones (excluding diaryl/α,β-unsaturated/α-hetero) is 1. The number of benzene rings is 1. The van der Waals surface area contributed by atoms with Crippen molar-refractivity contribution in [2.75, 3.05) is 6.61 Å². The Morgan fingerprint density at radius 2 is 1.96 bits per heavy atom. The predicted octanol–water partition coefficient (Wildman–Crippen LogP) is 5.06. The van der Waals surface area contributed by atoms with Crippen molar-refractivity contribution in [2.24, 2.45) is 0 Å². The molecule has 0 spiro atoms. The highest BCUT2D eigenvalue weighted by molar-refractivity contribution is 6.30. The van der Waals surface area contributed by atoms with E-state index in [0.717, 1.165) is 0 Å². The molecule has 9 heteroatoms. The van der Waals surface area contributed by atoms with E-state index in [1.54, 1.807) is 37.3 Å². The standard InChI is InChI=1S/C19H14ClF3N2O3/c1-11-16(9-28-25-11)17(26)7-12-6-15(13-2-4-14(20)5-3-13)18(24-8-12)27-10-19(21,22)23/h2-6,8-9H,7,10H2,1H3. The number of carbonyl (C=O) groups is 1. The van der Waals surface area contributed by atoms with Gasteiger partial charge in [-0.25, -0.2) is 4.98 Å². The van der Waals surface area contributed by atoms with E-state index in [4.69, 9.17) is 20.9 Å². The molecule has 0 bridgehead atoms. The van der Waals surface area contributed by atoms with E-state index >= 15 is 0 Å². The summed E-state index contributed by atoms with van der Waals surface area (Å²) in [5.41, 5.74) is 2.19. The average Bonchev–Trinajstić information content (AvgIpc) is 3.06. The molecule has 3 aromatic rings. The molecule has 0 aliphatic rings. The molecule has 0 amide bonds.